The van der Waals surface area contributed by atoms with E-state index in [4.69, 9.17) is 19.5 Å². The lowest BCUT2D eigenvalue weighted by Crippen LogP contribution is -1.99. The SMILES string of the molecule is Cc1ccc(C)c(CCC(=O)O)c1.O=[P+](O)O. The quantitative estimate of drug-likeness (QED) is 0.721. The second-order valence-electron chi connectivity index (χ2n) is 3.58. The number of carbonyl (C=O) groups is 1. The Bertz CT molecular complexity index is 399. The molecule has 0 atom stereocenters. The van der Waals surface area contributed by atoms with Crippen LogP contribution in [-0.4, -0.2) is 20.9 Å². The van der Waals surface area contributed by atoms with Gasteiger partial charge in [-0.05, 0) is 31.4 Å². The van der Waals surface area contributed by atoms with E-state index in [1.807, 2.05) is 26.0 Å². The maximum atomic E-state index is 10.4. The minimum absolute atomic E-state index is 0.213. The lowest BCUT2D eigenvalue weighted by atomic mass is 10.0. The molecular weight excluding hydrogens is 243 g/mol. The zero-order valence-electron chi connectivity index (χ0n) is 9.75. The van der Waals surface area contributed by atoms with Gasteiger partial charge in [0.05, 0.1) is 0 Å². The summed E-state index contributed by atoms with van der Waals surface area (Å²) in [6, 6.07) is 6.13. The summed E-state index contributed by atoms with van der Waals surface area (Å²) >= 11 is 0. The normalized spacial score (nSPS) is 9.18. The Hall–Kier alpha value is -1.29. The smallest absolute Gasteiger partial charge is 0.481 e. The summed E-state index contributed by atoms with van der Waals surface area (Å²) in [5, 5.41) is 8.53. The van der Waals surface area contributed by atoms with Gasteiger partial charge in [0.2, 0.25) is 0 Å². The lowest BCUT2D eigenvalue weighted by Gasteiger charge is -2.04. The Morgan fingerprint density at radius 2 is 1.82 bits per heavy atom. The molecule has 6 heteroatoms. The first-order valence-electron chi connectivity index (χ1n) is 4.96. The predicted octanol–water partition coefficient (Wildman–Crippen LogP) is 1.95. The number of benzene rings is 1. The van der Waals surface area contributed by atoms with Gasteiger partial charge in [0.15, 0.2) is 0 Å². The number of hydrogen-bond acceptors (Lipinski definition) is 2. The summed E-state index contributed by atoms with van der Waals surface area (Å²) in [6.07, 6.45) is 0.840. The Kier molecular flexibility index (Phi) is 7.30. The Morgan fingerprint density at radius 3 is 2.29 bits per heavy atom. The van der Waals surface area contributed by atoms with Crippen molar-refractivity contribution in [3.63, 3.8) is 0 Å². The second-order valence-corrected chi connectivity index (χ2v) is 4.08. The van der Waals surface area contributed by atoms with Crippen LogP contribution in [-0.2, 0) is 15.8 Å². The molecule has 3 N–H and O–H groups in total. The minimum Gasteiger partial charge on any atom is -0.481 e. The molecule has 1 aromatic rings. The maximum absolute atomic E-state index is 10.4. The van der Waals surface area contributed by atoms with Crippen LogP contribution in [0, 0.1) is 13.8 Å². The molecule has 0 bridgehead atoms. The van der Waals surface area contributed by atoms with Crippen molar-refractivity contribution >= 4 is 14.2 Å². The second kappa shape index (κ2) is 7.90. The van der Waals surface area contributed by atoms with Gasteiger partial charge in [0.1, 0.15) is 0 Å². The van der Waals surface area contributed by atoms with Crippen molar-refractivity contribution in [2.24, 2.45) is 0 Å². The molecule has 0 amide bonds. The fraction of sp³-hybridized carbons (Fsp3) is 0.364. The zero-order chi connectivity index (χ0) is 13.4. The monoisotopic (exact) mass is 259 g/mol. The molecule has 1 rings (SSSR count). The summed E-state index contributed by atoms with van der Waals surface area (Å²) in [7, 11) is -2.87. The number of hydrogen-bond donors (Lipinski definition) is 3. The fourth-order valence-corrected chi connectivity index (χ4v) is 1.31. The summed E-state index contributed by atoms with van der Waals surface area (Å²) in [5.41, 5.74) is 3.50. The zero-order valence-corrected chi connectivity index (χ0v) is 10.6. The molecule has 0 spiro atoms. The third-order valence-electron chi connectivity index (χ3n) is 2.11. The van der Waals surface area contributed by atoms with Gasteiger partial charge in [-0.3, -0.25) is 4.79 Å². The van der Waals surface area contributed by atoms with E-state index >= 15 is 0 Å². The highest BCUT2D eigenvalue weighted by Gasteiger charge is 2.01. The van der Waals surface area contributed by atoms with E-state index in [0.717, 1.165) is 5.56 Å². The molecule has 0 radical (unpaired) electrons. The van der Waals surface area contributed by atoms with Crippen molar-refractivity contribution < 1.29 is 24.3 Å². The molecule has 0 saturated carbocycles. The number of carboxylic acid groups (broad SMARTS) is 1. The van der Waals surface area contributed by atoms with Gasteiger partial charge < -0.3 is 5.11 Å². The van der Waals surface area contributed by atoms with Crippen LogP contribution >= 0.6 is 8.25 Å². The van der Waals surface area contributed by atoms with Crippen molar-refractivity contribution in [3.8, 4) is 0 Å². The predicted molar refractivity (Wildman–Crippen MR) is 63.9 cm³/mol. The molecule has 5 nitrogen and oxygen atoms in total. The molecular formula is C11H16O5P+. The van der Waals surface area contributed by atoms with Gasteiger partial charge in [-0.25, -0.2) is 0 Å². The molecule has 0 aromatic heterocycles. The first-order valence-corrected chi connectivity index (χ1v) is 6.12. The largest absolute Gasteiger partial charge is 0.692 e. The van der Waals surface area contributed by atoms with Crippen LogP contribution < -0.4 is 0 Å². The van der Waals surface area contributed by atoms with Crippen LogP contribution in [0.4, 0.5) is 0 Å². The van der Waals surface area contributed by atoms with E-state index in [1.165, 1.54) is 11.1 Å². The van der Waals surface area contributed by atoms with Crippen LogP contribution in [0.25, 0.3) is 0 Å². The van der Waals surface area contributed by atoms with E-state index in [1.54, 1.807) is 0 Å². The Labute approximate surface area is 101 Å². The number of aryl methyl sites for hydroxylation is 3. The van der Waals surface area contributed by atoms with E-state index in [-0.39, 0.29) is 6.42 Å². The van der Waals surface area contributed by atoms with Gasteiger partial charge in [-0.1, -0.05) is 23.8 Å². The number of carboxylic acids is 1. The molecule has 0 saturated heterocycles. The molecule has 94 valence electrons. The standard InChI is InChI=1S/C11H14O2.HO3P/c1-8-3-4-9(2)10(7-8)5-6-11(12)13;1-4(2)3/h3-4,7H,5-6H2,1-2H3,(H,12,13);(H-,1,2,3)/p+1. The fourth-order valence-electron chi connectivity index (χ4n) is 1.31. The molecule has 0 aliphatic heterocycles. The highest BCUT2D eigenvalue weighted by molar-refractivity contribution is 7.30. The van der Waals surface area contributed by atoms with Crippen molar-refractivity contribution in [2.45, 2.75) is 26.7 Å². The summed E-state index contributed by atoms with van der Waals surface area (Å²) in [6.45, 7) is 4.03. The first-order chi connectivity index (χ1) is 7.82. The summed E-state index contributed by atoms with van der Waals surface area (Å²) in [5.74, 6) is -0.735. The first kappa shape index (κ1) is 15.7. The van der Waals surface area contributed by atoms with Crippen molar-refractivity contribution in [1.82, 2.24) is 0 Å². The molecule has 17 heavy (non-hydrogen) atoms. The third kappa shape index (κ3) is 8.51. The van der Waals surface area contributed by atoms with Crippen LogP contribution in [0.2, 0.25) is 0 Å². The van der Waals surface area contributed by atoms with E-state index in [9.17, 15) is 4.79 Å². The lowest BCUT2D eigenvalue weighted by molar-refractivity contribution is -0.136. The van der Waals surface area contributed by atoms with E-state index in [0.29, 0.717) is 6.42 Å². The Balaban J connectivity index is 0.000000557. The summed E-state index contributed by atoms with van der Waals surface area (Å²) < 4.78 is 8.70. The topological polar surface area (TPSA) is 94.8 Å². The molecule has 0 unspecified atom stereocenters. The Morgan fingerprint density at radius 1 is 1.29 bits per heavy atom. The summed E-state index contributed by atoms with van der Waals surface area (Å²) in [4.78, 5) is 24.6. The van der Waals surface area contributed by atoms with Crippen molar-refractivity contribution in [2.75, 3.05) is 0 Å². The maximum Gasteiger partial charge on any atom is 0.692 e. The van der Waals surface area contributed by atoms with Crippen LogP contribution in [0.1, 0.15) is 23.1 Å². The highest BCUT2D eigenvalue weighted by Crippen LogP contribution is 2.12. The molecule has 0 fully saturated rings. The van der Waals surface area contributed by atoms with Gasteiger partial charge in [0.25, 0.3) is 0 Å². The van der Waals surface area contributed by atoms with Crippen LogP contribution in [0.3, 0.4) is 0 Å². The molecule has 0 aliphatic carbocycles. The van der Waals surface area contributed by atoms with Gasteiger partial charge in [-0.2, -0.15) is 0 Å². The van der Waals surface area contributed by atoms with E-state index < -0.39 is 14.2 Å². The highest BCUT2D eigenvalue weighted by atomic mass is 31.1. The molecule has 0 aliphatic rings. The number of aliphatic carboxylic acids is 1. The van der Waals surface area contributed by atoms with Gasteiger partial charge >= 0.3 is 14.2 Å². The number of rotatable bonds is 3. The average molecular weight is 259 g/mol. The minimum atomic E-state index is -2.87. The van der Waals surface area contributed by atoms with Gasteiger partial charge in [-0.15, -0.1) is 9.79 Å². The molecule has 0 heterocycles. The third-order valence-corrected chi connectivity index (χ3v) is 2.11. The molecule has 1 aromatic carbocycles. The van der Waals surface area contributed by atoms with Gasteiger partial charge in [0, 0.05) is 11.0 Å². The average Bonchev–Trinajstić information content (AvgIpc) is 2.18. The van der Waals surface area contributed by atoms with E-state index in [2.05, 4.69) is 6.07 Å². The van der Waals surface area contributed by atoms with Crippen molar-refractivity contribution in [3.05, 3.63) is 34.9 Å². The van der Waals surface area contributed by atoms with Crippen LogP contribution in [0.5, 0.6) is 0 Å². The van der Waals surface area contributed by atoms with Crippen molar-refractivity contribution in [1.29, 1.82) is 0 Å². The van der Waals surface area contributed by atoms with Crippen LogP contribution in [0.15, 0.2) is 18.2 Å².